The van der Waals surface area contributed by atoms with E-state index in [4.69, 9.17) is 9.47 Å². The van der Waals surface area contributed by atoms with Gasteiger partial charge in [-0.25, -0.2) is 0 Å². The summed E-state index contributed by atoms with van der Waals surface area (Å²) in [4.78, 5) is 14.0. The molecule has 3 N–H and O–H groups in total. The number of fused-ring (bicyclic) bond motifs is 1. The van der Waals surface area contributed by atoms with E-state index in [2.05, 4.69) is 48.2 Å². The van der Waals surface area contributed by atoms with Gasteiger partial charge in [0.25, 0.3) is 0 Å². The van der Waals surface area contributed by atoms with Crippen molar-refractivity contribution >= 4 is 5.97 Å². The van der Waals surface area contributed by atoms with Crippen LogP contribution in [0.25, 0.3) is 0 Å². The Morgan fingerprint density at radius 3 is 2.54 bits per heavy atom. The van der Waals surface area contributed by atoms with Gasteiger partial charge in [0.05, 0.1) is 19.6 Å². The lowest BCUT2D eigenvalue weighted by molar-refractivity contribution is -0.143. The first-order chi connectivity index (χ1) is 19.8. The summed E-state index contributed by atoms with van der Waals surface area (Å²) in [6.45, 7) is 5.18. The van der Waals surface area contributed by atoms with Crippen LogP contribution < -0.4 is 9.47 Å². The standard InChI is InChI=1S/C33H42N2O6/c1-22(27-11-12-29-28(19-27)15-17-41-29)34(20-23-5-9-26(10-6-23)33(38)39)21-24-7-8-25(30(18-24)40-2)4-3-16-35-31(36)13-14-32(35)37/h7-8,11-14,18-19,22-23,26,36-37H,3-6,9-10,15-17,20-21H2,1-2H3,(H,38,39). The number of aromatic hydroxyl groups is 2. The third-order valence-corrected chi connectivity index (χ3v) is 8.93. The van der Waals surface area contributed by atoms with Crippen molar-refractivity contribution < 1.29 is 29.6 Å². The number of methoxy groups -OCH3 is 1. The van der Waals surface area contributed by atoms with Crippen molar-refractivity contribution in [2.75, 3.05) is 20.3 Å². The van der Waals surface area contributed by atoms with Gasteiger partial charge in [0.2, 0.25) is 0 Å². The van der Waals surface area contributed by atoms with Crippen LogP contribution in [0, 0.1) is 11.8 Å². The number of hydrogen-bond acceptors (Lipinski definition) is 6. The highest BCUT2D eigenvalue weighted by Gasteiger charge is 2.29. The van der Waals surface area contributed by atoms with Crippen molar-refractivity contribution in [1.29, 1.82) is 0 Å². The van der Waals surface area contributed by atoms with E-state index < -0.39 is 5.97 Å². The van der Waals surface area contributed by atoms with E-state index in [1.165, 1.54) is 33.4 Å². The number of nitrogens with zero attached hydrogens (tertiary/aromatic N) is 2. The number of carbonyl (C=O) groups is 1. The lowest BCUT2D eigenvalue weighted by Crippen LogP contribution is -2.34. The number of aliphatic carboxylic acids is 1. The van der Waals surface area contributed by atoms with Crippen molar-refractivity contribution in [2.45, 2.75) is 71.0 Å². The van der Waals surface area contributed by atoms with E-state index in [0.717, 1.165) is 81.7 Å². The van der Waals surface area contributed by atoms with Gasteiger partial charge in [-0.05, 0) is 85.8 Å². The van der Waals surface area contributed by atoms with E-state index in [1.807, 2.05) is 0 Å². The molecule has 220 valence electrons. The minimum absolute atomic E-state index is 0.0615. The number of benzene rings is 2. The Bertz CT molecular complexity index is 1320. The topological polar surface area (TPSA) is 104 Å². The molecule has 0 amide bonds. The molecule has 8 heteroatoms. The third-order valence-electron chi connectivity index (χ3n) is 8.93. The molecule has 1 aliphatic heterocycles. The first-order valence-corrected chi connectivity index (χ1v) is 14.8. The summed E-state index contributed by atoms with van der Waals surface area (Å²) in [5, 5.41) is 29.3. The Morgan fingerprint density at radius 1 is 1.07 bits per heavy atom. The summed E-state index contributed by atoms with van der Waals surface area (Å²) < 4.78 is 13.0. The maximum Gasteiger partial charge on any atom is 0.306 e. The zero-order valence-corrected chi connectivity index (χ0v) is 24.1. The normalized spacial score (nSPS) is 19.1. The zero-order valence-electron chi connectivity index (χ0n) is 24.1. The van der Waals surface area contributed by atoms with Crippen LogP contribution in [0.3, 0.4) is 0 Å². The van der Waals surface area contributed by atoms with Gasteiger partial charge in [-0.1, -0.05) is 24.3 Å². The molecule has 2 aliphatic rings. The third kappa shape index (κ3) is 6.81. The molecule has 8 nitrogen and oxygen atoms in total. The highest BCUT2D eigenvalue weighted by molar-refractivity contribution is 5.70. The van der Waals surface area contributed by atoms with Gasteiger partial charge >= 0.3 is 5.97 Å². The van der Waals surface area contributed by atoms with Crippen LogP contribution in [0.15, 0.2) is 48.5 Å². The van der Waals surface area contributed by atoms with Gasteiger partial charge in [-0.2, -0.15) is 0 Å². The highest BCUT2D eigenvalue weighted by atomic mass is 16.5. The van der Waals surface area contributed by atoms with Crippen molar-refractivity contribution in [3.05, 3.63) is 70.8 Å². The fourth-order valence-electron chi connectivity index (χ4n) is 6.39. The monoisotopic (exact) mass is 562 g/mol. The molecular formula is C33H42N2O6. The predicted octanol–water partition coefficient (Wildman–Crippen LogP) is 5.93. The minimum atomic E-state index is -0.664. The largest absolute Gasteiger partial charge is 0.496 e. The molecule has 1 saturated carbocycles. The summed E-state index contributed by atoms with van der Waals surface area (Å²) >= 11 is 0. The zero-order chi connectivity index (χ0) is 28.9. The van der Waals surface area contributed by atoms with Crippen LogP contribution in [-0.4, -0.2) is 51.0 Å². The molecule has 0 bridgehead atoms. The van der Waals surface area contributed by atoms with Gasteiger partial charge in [-0.15, -0.1) is 0 Å². The number of carboxylic acid groups (broad SMARTS) is 1. The lowest BCUT2D eigenvalue weighted by Gasteiger charge is -2.35. The number of carboxylic acids is 1. The molecule has 0 radical (unpaired) electrons. The molecular weight excluding hydrogens is 520 g/mol. The predicted molar refractivity (Wildman–Crippen MR) is 157 cm³/mol. The minimum Gasteiger partial charge on any atom is -0.496 e. The van der Waals surface area contributed by atoms with Gasteiger partial charge in [0.15, 0.2) is 11.8 Å². The van der Waals surface area contributed by atoms with E-state index >= 15 is 0 Å². The molecule has 2 aromatic carbocycles. The van der Waals surface area contributed by atoms with Crippen molar-refractivity contribution in [1.82, 2.24) is 9.47 Å². The van der Waals surface area contributed by atoms with Gasteiger partial charge in [0.1, 0.15) is 11.5 Å². The average Bonchev–Trinajstić information content (AvgIpc) is 3.58. The number of aryl methyl sites for hydroxylation is 1. The smallest absolute Gasteiger partial charge is 0.306 e. The molecule has 1 unspecified atom stereocenters. The molecule has 2 heterocycles. The Kier molecular flexibility index (Phi) is 9.08. The first-order valence-electron chi connectivity index (χ1n) is 14.8. The number of hydrogen-bond donors (Lipinski definition) is 3. The second-order valence-electron chi connectivity index (χ2n) is 11.6. The molecule has 0 spiro atoms. The van der Waals surface area contributed by atoms with Crippen molar-refractivity contribution in [2.24, 2.45) is 11.8 Å². The Hall–Kier alpha value is -3.65. The Labute approximate surface area is 242 Å². The number of aromatic nitrogens is 1. The second kappa shape index (κ2) is 12.9. The van der Waals surface area contributed by atoms with Crippen LogP contribution in [0.2, 0.25) is 0 Å². The van der Waals surface area contributed by atoms with Crippen LogP contribution in [0.4, 0.5) is 0 Å². The van der Waals surface area contributed by atoms with Crippen molar-refractivity contribution in [3.63, 3.8) is 0 Å². The van der Waals surface area contributed by atoms with E-state index in [1.54, 1.807) is 7.11 Å². The molecule has 0 saturated heterocycles. The van der Waals surface area contributed by atoms with E-state index in [0.29, 0.717) is 12.5 Å². The molecule has 41 heavy (non-hydrogen) atoms. The molecule has 5 rings (SSSR count). The fraction of sp³-hybridized carbons (Fsp3) is 0.485. The van der Waals surface area contributed by atoms with Crippen molar-refractivity contribution in [3.8, 4) is 23.3 Å². The van der Waals surface area contributed by atoms with Gasteiger partial charge in [-0.3, -0.25) is 14.3 Å². The highest BCUT2D eigenvalue weighted by Crippen LogP contribution is 2.35. The molecule has 1 aromatic heterocycles. The average molecular weight is 563 g/mol. The molecule has 1 fully saturated rings. The molecule has 1 atom stereocenters. The molecule has 1 aliphatic carbocycles. The van der Waals surface area contributed by atoms with E-state index in [9.17, 15) is 20.1 Å². The Balaban J connectivity index is 1.30. The summed E-state index contributed by atoms with van der Waals surface area (Å²) in [6, 6.07) is 16.1. The van der Waals surface area contributed by atoms with Crippen LogP contribution >= 0.6 is 0 Å². The maximum atomic E-state index is 11.5. The summed E-state index contributed by atoms with van der Waals surface area (Å²) in [5.74, 6) is 1.54. The van der Waals surface area contributed by atoms with E-state index in [-0.39, 0.29) is 23.7 Å². The van der Waals surface area contributed by atoms with Gasteiger partial charge in [0, 0.05) is 44.2 Å². The van der Waals surface area contributed by atoms with Crippen LogP contribution in [0.5, 0.6) is 23.3 Å². The Morgan fingerprint density at radius 2 is 1.83 bits per heavy atom. The number of ether oxygens (including phenoxy) is 2. The summed E-state index contributed by atoms with van der Waals surface area (Å²) in [5.41, 5.74) is 4.80. The maximum absolute atomic E-state index is 11.5. The van der Waals surface area contributed by atoms with Gasteiger partial charge < -0.3 is 24.8 Å². The first kappa shape index (κ1) is 28.9. The molecule has 3 aromatic rings. The quantitative estimate of drug-likeness (QED) is 0.251. The van der Waals surface area contributed by atoms with Crippen LogP contribution in [-0.2, 0) is 30.7 Å². The SMILES string of the molecule is COc1cc(CN(CC2CCC(C(=O)O)CC2)C(C)c2ccc3c(c2)CCO3)ccc1CCCn1c(O)ccc1O. The number of rotatable bonds is 12. The second-order valence-corrected chi connectivity index (χ2v) is 11.6. The summed E-state index contributed by atoms with van der Waals surface area (Å²) in [7, 11) is 1.69. The summed E-state index contributed by atoms with van der Waals surface area (Å²) in [6.07, 6.45) is 5.82. The fourth-order valence-corrected chi connectivity index (χ4v) is 6.39. The lowest BCUT2D eigenvalue weighted by atomic mass is 9.81. The van der Waals surface area contributed by atoms with Crippen LogP contribution in [0.1, 0.15) is 67.3 Å².